The van der Waals surface area contributed by atoms with Crippen molar-refractivity contribution in [2.24, 2.45) is 0 Å². The second kappa shape index (κ2) is 9.08. The molecule has 0 aliphatic carbocycles. The van der Waals surface area contributed by atoms with Crippen LogP contribution in [-0.2, 0) is 14.9 Å². The molecule has 0 fully saturated rings. The van der Waals surface area contributed by atoms with Gasteiger partial charge in [0.05, 0.1) is 11.1 Å². The van der Waals surface area contributed by atoms with Crippen molar-refractivity contribution in [2.75, 3.05) is 0 Å². The number of aromatic carboxylic acids is 1. The van der Waals surface area contributed by atoms with Gasteiger partial charge in [-0.1, -0.05) is 20.3 Å². The van der Waals surface area contributed by atoms with Gasteiger partial charge in [0.2, 0.25) is 0 Å². The number of hydrogen-bond acceptors (Lipinski definition) is 5. The maximum Gasteiger partial charge on any atom is 1.00 e. The van der Waals surface area contributed by atoms with Crippen LogP contribution in [0.2, 0.25) is 0 Å². The summed E-state index contributed by atoms with van der Waals surface area (Å²) in [6, 6.07) is 2.83. The molecule has 0 aromatic heterocycles. The number of carboxylic acid groups (broad SMARTS) is 1. The maximum atomic E-state index is 12.1. The molecule has 0 saturated heterocycles. The van der Waals surface area contributed by atoms with Crippen LogP contribution >= 0.6 is 0 Å². The second-order valence-electron chi connectivity index (χ2n) is 4.72. The van der Waals surface area contributed by atoms with E-state index in [1.807, 2.05) is 13.8 Å². The Hall–Kier alpha value is -1.33. The first-order valence-corrected chi connectivity index (χ1v) is 8.20. The topological polar surface area (TPSA) is 118 Å². The minimum Gasteiger partial charge on any atom is -1.00 e. The standard InChI is InChI=1S/C14H18O7S.Li.H/c1-3-5-10(4-2)21-14(17)11-7-6-9(13(15)16)8-12(11)22(18,19)20;;/h6-8,10H,3-5H2,1-2H3,(H,15,16)(H,18,19,20);;/q;+1;-1. The summed E-state index contributed by atoms with van der Waals surface area (Å²) in [6.45, 7) is 3.74. The number of benzene rings is 1. The summed E-state index contributed by atoms with van der Waals surface area (Å²) in [6.07, 6.45) is 1.60. The van der Waals surface area contributed by atoms with Gasteiger partial charge in [0.1, 0.15) is 11.0 Å². The van der Waals surface area contributed by atoms with Gasteiger partial charge >= 0.3 is 30.8 Å². The molecule has 0 aliphatic rings. The Balaban J connectivity index is 0. The van der Waals surface area contributed by atoms with E-state index in [2.05, 4.69) is 0 Å². The predicted octanol–water partition coefficient (Wildman–Crippen LogP) is -0.516. The van der Waals surface area contributed by atoms with Crippen LogP contribution in [0.5, 0.6) is 0 Å². The Labute approximate surface area is 148 Å². The average molecular weight is 338 g/mol. The monoisotopic (exact) mass is 338 g/mol. The molecule has 1 aromatic rings. The molecule has 0 aliphatic heterocycles. The molecule has 0 radical (unpaired) electrons. The number of carboxylic acids is 1. The predicted molar refractivity (Wildman–Crippen MR) is 78.7 cm³/mol. The van der Waals surface area contributed by atoms with Gasteiger partial charge in [0.25, 0.3) is 10.1 Å². The smallest absolute Gasteiger partial charge is 1.00 e. The third-order valence-electron chi connectivity index (χ3n) is 3.07. The molecule has 124 valence electrons. The summed E-state index contributed by atoms with van der Waals surface area (Å²) in [7, 11) is -4.75. The Morgan fingerprint density at radius 3 is 2.35 bits per heavy atom. The molecule has 9 heteroatoms. The summed E-state index contributed by atoms with van der Waals surface area (Å²) in [4.78, 5) is 22.2. The van der Waals surface area contributed by atoms with Crippen LogP contribution < -0.4 is 18.9 Å². The number of carbonyl (C=O) groups is 2. The SMILES string of the molecule is CCCC(CC)OC(=O)c1ccc(C(=O)O)cc1S(=O)(=O)O.[H-].[Li+]. The van der Waals surface area contributed by atoms with E-state index in [0.717, 1.165) is 24.6 Å². The van der Waals surface area contributed by atoms with E-state index in [9.17, 15) is 22.6 Å². The summed E-state index contributed by atoms with van der Waals surface area (Å²) < 4.78 is 37.1. The molecule has 7 nitrogen and oxygen atoms in total. The molecular formula is C14H19LiO7S. The summed E-state index contributed by atoms with van der Waals surface area (Å²) in [5.41, 5.74) is -0.744. The van der Waals surface area contributed by atoms with Gasteiger partial charge in [-0.05, 0) is 31.0 Å². The fourth-order valence-corrected chi connectivity index (χ4v) is 2.63. The molecule has 1 aromatic carbocycles. The van der Waals surface area contributed by atoms with Gasteiger partial charge in [-0.25, -0.2) is 9.59 Å². The zero-order valence-corrected chi connectivity index (χ0v) is 14.1. The Morgan fingerprint density at radius 2 is 1.91 bits per heavy atom. The van der Waals surface area contributed by atoms with Crippen molar-refractivity contribution in [3.05, 3.63) is 29.3 Å². The molecule has 0 spiro atoms. The van der Waals surface area contributed by atoms with Crippen LogP contribution in [0.25, 0.3) is 0 Å². The molecule has 2 N–H and O–H groups in total. The van der Waals surface area contributed by atoms with Crippen molar-refractivity contribution in [1.82, 2.24) is 0 Å². The van der Waals surface area contributed by atoms with Gasteiger partial charge in [-0.3, -0.25) is 4.55 Å². The van der Waals surface area contributed by atoms with Gasteiger partial charge < -0.3 is 11.3 Å². The van der Waals surface area contributed by atoms with Crippen molar-refractivity contribution in [3.63, 3.8) is 0 Å². The van der Waals surface area contributed by atoms with Crippen LogP contribution in [0.15, 0.2) is 23.1 Å². The Bertz CT molecular complexity index is 676. The van der Waals surface area contributed by atoms with Crippen LogP contribution in [0.3, 0.4) is 0 Å². The van der Waals surface area contributed by atoms with Gasteiger partial charge in [-0.15, -0.1) is 0 Å². The summed E-state index contributed by atoms with van der Waals surface area (Å²) in [5, 5.41) is 8.87. The average Bonchev–Trinajstić information content (AvgIpc) is 2.44. The molecular weight excluding hydrogens is 319 g/mol. The van der Waals surface area contributed by atoms with Gasteiger partial charge in [0, 0.05) is 0 Å². The third kappa shape index (κ3) is 5.99. The van der Waals surface area contributed by atoms with Crippen molar-refractivity contribution in [1.29, 1.82) is 0 Å². The molecule has 0 saturated carbocycles. The number of carbonyl (C=O) groups excluding carboxylic acids is 1. The Morgan fingerprint density at radius 1 is 1.30 bits per heavy atom. The van der Waals surface area contributed by atoms with E-state index in [1.54, 1.807) is 0 Å². The number of ether oxygens (including phenoxy) is 1. The van der Waals surface area contributed by atoms with E-state index in [4.69, 9.17) is 9.84 Å². The summed E-state index contributed by atoms with van der Waals surface area (Å²) >= 11 is 0. The van der Waals surface area contributed by atoms with Gasteiger partial charge in [-0.2, -0.15) is 8.42 Å². The van der Waals surface area contributed by atoms with Crippen LogP contribution in [0, 0.1) is 0 Å². The van der Waals surface area contributed by atoms with Crippen molar-refractivity contribution >= 4 is 22.1 Å². The van der Waals surface area contributed by atoms with E-state index in [0.29, 0.717) is 12.8 Å². The Kier molecular flexibility index (Phi) is 8.56. The zero-order chi connectivity index (χ0) is 16.9. The van der Waals surface area contributed by atoms with E-state index >= 15 is 0 Å². The summed E-state index contributed by atoms with van der Waals surface area (Å²) in [5.74, 6) is -2.29. The number of esters is 1. The van der Waals surface area contributed by atoms with Crippen LogP contribution in [0.4, 0.5) is 0 Å². The molecule has 0 heterocycles. The van der Waals surface area contributed by atoms with E-state index in [1.165, 1.54) is 0 Å². The van der Waals surface area contributed by atoms with E-state index in [-0.39, 0.29) is 37.5 Å². The first-order valence-electron chi connectivity index (χ1n) is 6.76. The van der Waals surface area contributed by atoms with Crippen molar-refractivity contribution < 1.29 is 52.7 Å². The van der Waals surface area contributed by atoms with Crippen molar-refractivity contribution in [2.45, 2.75) is 44.1 Å². The quantitative estimate of drug-likeness (QED) is 0.390. The fraction of sp³-hybridized carbons (Fsp3) is 0.429. The third-order valence-corrected chi connectivity index (χ3v) is 3.96. The van der Waals surface area contributed by atoms with Crippen molar-refractivity contribution in [3.8, 4) is 0 Å². The molecule has 0 bridgehead atoms. The minimum atomic E-state index is -4.75. The van der Waals surface area contributed by atoms with Crippen LogP contribution in [0.1, 0.15) is 55.3 Å². The molecule has 1 unspecified atom stereocenters. The molecule has 1 rings (SSSR count). The maximum absolute atomic E-state index is 12.1. The largest absolute Gasteiger partial charge is 1.00 e. The first-order chi connectivity index (χ1) is 10.2. The molecule has 23 heavy (non-hydrogen) atoms. The normalized spacial score (nSPS) is 12.1. The number of rotatable bonds is 7. The van der Waals surface area contributed by atoms with Crippen LogP contribution in [-0.4, -0.2) is 36.1 Å². The minimum absolute atomic E-state index is 0. The number of hydrogen-bond donors (Lipinski definition) is 2. The molecule has 1 atom stereocenters. The fourth-order valence-electron chi connectivity index (χ4n) is 1.92. The van der Waals surface area contributed by atoms with Gasteiger partial charge in [0.15, 0.2) is 0 Å². The first kappa shape index (κ1) is 21.7. The molecule has 0 amide bonds. The zero-order valence-electron chi connectivity index (χ0n) is 14.3. The second-order valence-corrected chi connectivity index (χ2v) is 6.11. The van der Waals surface area contributed by atoms with E-state index < -0.39 is 27.0 Å².